The first kappa shape index (κ1) is 9.30. The molecule has 0 fully saturated rings. The van der Waals surface area contributed by atoms with Crippen LogP contribution in [0.15, 0.2) is 29.9 Å². The standard InChI is InChI=1S/C10H11N3S/c1-7(11)10-13-9(6-14-10)8-3-2-4-12-5-8/h2-7H,11H2,1H3/t7-/m1/s1. The molecule has 0 spiro atoms. The first-order chi connectivity index (χ1) is 6.77. The second-order valence-electron chi connectivity index (χ2n) is 3.10. The molecule has 0 radical (unpaired) electrons. The van der Waals surface area contributed by atoms with Crippen molar-refractivity contribution in [2.75, 3.05) is 0 Å². The predicted molar refractivity (Wildman–Crippen MR) is 57.9 cm³/mol. The minimum Gasteiger partial charge on any atom is -0.322 e. The molecule has 0 saturated carbocycles. The van der Waals surface area contributed by atoms with Crippen LogP contribution in [0.2, 0.25) is 0 Å². The lowest BCUT2D eigenvalue weighted by molar-refractivity contribution is 0.808. The fourth-order valence-corrected chi connectivity index (χ4v) is 1.93. The Balaban J connectivity index is 2.34. The predicted octanol–water partition coefficient (Wildman–Crippen LogP) is 2.22. The highest BCUT2D eigenvalue weighted by atomic mass is 32.1. The van der Waals surface area contributed by atoms with E-state index in [-0.39, 0.29) is 6.04 Å². The Bertz CT molecular complexity index is 408. The first-order valence-corrected chi connectivity index (χ1v) is 5.27. The molecule has 2 rings (SSSR count). The van der Waals surface area contributed by atoms with Crippen LogP contribution in [0.25, 0.3) is 11.3 Å². The van der Waals surface area contributed by atoms with Gasteiger partial charge in [-0.05, 0) is 19.1 Å². The Morgan fingerprint density at radius 3 is 2.93 bits per heavy atom. The zero-order valence-corrected chi connectivity index (χ0v) is 8.66. The van der Waals surface area contributed by atoms with E-state index in [9.17, 15) is 0 Å². The number of thiazole rings is 1. The van der Waals surface area contributed by atoms with Crippen molar-refractivity contribution in [3.63, 3.8) is 0 Å². The Morgan fingerprint density at radius 1 is 1.50 bits per heavy atom. The minimum atomic E-state index is 0.00502. The molecule has 0 aliphatic heterocycles. The van der Waals surface area contributed by atoms with Gasteiger partial charge in [0.05, 0.1) is 11.7 Å². The van der Waals surface area contributed by atoms with Gasteiger partial charge in [-0.25, -0.2) is 4.98 Å². The van der Waals surface area contributed by atoms with E-state index in [4.69, 9.17) is 5.73 Å². The van der Waals surface area contributed by atoms with Crippen LogP contribution in [0.5, 0.6) is 0 Å². The molecule has 3 nitrogen and oxygen atoms in total. The van der Waals surface area contributed by atoms with Crippen molar-refractivity contribution in [2.45, 2.75) is 13.0 Å². The summed E-state index contributed by atoms with van der Waals surface area (Å²) >= 11 is 1.59. The average molecular weight is 205 g/mol. The quantitative estimate of drug-likeness (QED) is 0.818. The SMILES string of the molecule is C[C@@H](N)c1nc(-c2cccnc2)cs1. The fourth-order valence-electron chi connectivity index (χ4n) is 1.14. The summed E-state index contributed by atoms with van der Waals surface area (Å²) in [4.78, 5) is 8.48. The number of hydrogen-bond acceptors (Lipinski definition) is 4. The molecule has 4 heteroatoms. The van der Waals surface area contributed by atoms with Gasteiger partial charge in [-0.1, -0.05) is 0 Å². The van der Waals surface area contributed by atoms with Crippen LogP contribution in [0.1, 0.15) is 18.0 Å². The Kier molecular flexibility index (Phi) is 2.56. The third kappa shape index (κ3) is 1.81. The summed E-state index contributed by atoms with van der Waals surface area (Å²) in [7, 11) is 0. The Hall–Kier alpha value is -1.26. The molecule has 2 N–H and O–H groups in total. The molecule has 0 aliphatic carbocycles. The average Bonchev–Trinajstić information content (AvgIpc) is 2.68. The Labute approximate surface area is 86.6 Å². The molecule has 2 aromatic heterocycles. The molecule has 2 heterocycles. The lowest BCUT2D eigenvalue weighted by atomic mass is 10.2. The van der Waals surface area contributed by atoms with E-state index in [0.29, 0.717) is 0 Å². The van der Waals surface area contributed by atoms with Gasteiger partial charge in [0, 0.05) is 23.3 Å². The summed E-state index contributed by atoms with van der Waals surface area (Å²) in [6.45, 7) is 1.94. The van der Waals surface area contributed by atoms with Crippen LogP contribution in [-0.4, -0.2) is 9.97 Å². The van der Waals surface area contributed by atoms with Crippen molar-refractivity contribution >= 4 is 11.3 Å². The highest BCUT2D eigenvalue weighted by Crippen LogP contribution is 2.23. The van der Waals surface area contributed by atoms with Crippen LogP contribution in [-0.2, 0) is 0 Å². The second kappa shape index (κ2) is 3.86. The summed E-state index contributed by atoms with van der Waals surface area (Å²) < 4.78 is 0. The molecule has 72 valence electrons. The molecule has 0 bridgehead atoms. The molecule has 2 aromatic rings. The zero-order valence-electron chi connectivity index (χ0n) is 7.84. The van der Waals surface area contributed by atoms with Gasteiger partial charge >= 0.3 is 0 Å². The van der Waals surface area contributed by atoms with Crippen LogP contribution in [0.3, 0.4) is 0 Å². The molecule has 0 aromatic carbocycles. The summed E-state index contributed by atoms with van der Waals surface area (Å²) in [6, 6.07) is 3.90. The Morgan fingerprint density at radius 2 is 2.36 bits per heavy atom. The van der Waals surface area contributed by atoms with Gasteiger partial charge in [0.15, 0.2) is 0 Å². The van der Waals surface area contributed by atoms with Gasteiger partial charge in [0.2, 0.25) is 0 Å². The highest BCUT2D eigenvalue weighted by Gasteiger charge is 2.06. The third-order valence-electron chi connectivity index (χ3n) is 1.87. The van der Waals surface area contributed by atoms with Gasteiger partial charge < -0.3 is 5.73 Å². The maximum absolute atomic E-state index is 5.74. The van der Waals surface area contributed by atoms with Crippen molar-refractivity contribution < 1.29 is 0 Å². The highest BCUT2D eigenvalue weighted by molar-refractivity contribution is 7.10. The molecule has 0 unspecified atom stereocenters. The van der Waals surface area contributed by atoms with Crippen molar-refractivity contribution in [2.24, 2.45) is 5.73 Å². The van der Waals surface area contributed by atoms with Gasteiger partial charge in [-0.2, -0.15) is 0 Å². The summed E-state index contributed by atoms with van der Waals surface area (Å²) in [6.07, 6.45) is 3.56. The molecule has 0 aliphatic rings. The van der Waals surface area contributed by atoms with Crippen LogP contribution >= 0.6 is 11.3 Å². The minimum absolute atomic E-state index is 0.00502. The maximum Gasteiger partial charge on any atom is 0.110 e. The normalized spacial score (nSPS) is 12.7. The van der Waals surface area contributed by atoms with Crippen molar-refractivity contribution in [1.82, 2.24) is 9.97 Å². The second-order valence-corrected chi connectivity index (χ2v) is 3.99. The molecular weight excluding hydrogens is 194 g/mol. The molecule has 0 amide bonds. The lowest BCUT2D eigenvalue weighted by Gasteiger charge is -1.97. The van der Waals surface area contributed by atoms with E-state index < -0.39 is 0 Å². The van der Waals surface area contributed by atoms with Gasteiger partial charge in [0.1, 0.15) is 5.01 Å². The zero-order chi connectivity index (χ0) is 9.97. The lowest BCUT2D eigenvalue weighted by Crippen LogP contribution is -2.03. The molecule has 1 atom stereocenters. The van der Waals surface area contributed by atoms with Crippen molar-refractivity contribution in [3.05, 3.63) is 34.9 Å². The van der Waals surface area contributed by atoms with E-state index >= 15 is 0 Å². The number of hydrogen-bond donors (Lipinski definition) is 1. The number of pyridine rings is 1. The molecule has 14 heavy (non-hydrogen) atoms. The van der Waals surface area contributed by atoms with E-state index in [1.54, 1.807) is 23.7 Å². The number of nitrogens with zero attached hydrogens (tertiary/aromatic N) is 2. The van der Waals surface area contributed by atoms with Crippen LogP contribution < -0.4 is 5.73 Å². The number of nitrogens with two attached hydrogens (primary N) is 1. The van der Waals surface area contributed by atoms with E-state index in [2.05, 4.69) is 9.97 Å². The van der Waals surface area contributed by atoms with E-state index in [0.717, 1.165) is 16.3 Å². The van der Waals surface area contributed by atoms with Gasteiger partial charge in [-0.15, -0.1) is 11.3 Å². The third-order valence-corrected chi connectivity index (χ3v) is 2.91. The topological polar surface area (TPSA) is 51.8 Å². The van der Waals surface area contributed by atoms with Crippen LogP contribution in [0, 0.1) is 0 Å². The largest absolute Gasteiger partial charge is 0.322 e. The monoisotopic (exact) mass is 205 g/mol. The van der Waals surface area contributed by atoms with Gasteiger partial charge in [-0.3, -0.25) is 4.98 Å². The van der Waals surface area contributed by atoms with E-state index in [1.807, 2.05) is 24.4 Å². The summed E-state index contributed by atoms with van der Waals surface area (Å²) in [5, 5.41) is 2.97. The van der Waals surface area contributed by atoms with Crippen molar-refractivity contribution in [1.29, 1.82) is 0 Å². The maximum atomic E-state index is 5.74. The van der Waals surface area contributed by atoms with Crippen LogP contribution in [0.4, 0.5) is 0 Å². The summed E-state index contributed by atoms with van der Waals surface area (Å²) in [5.74, 6) is 0. The summed E-state index contributed by atoms with van der Waals surface area (Å²) in [5.41, 5.74) is 7.73. The first-order valence-electron chi connectivity index (χ1n) is 4.39. The molecule has 0 saturated heterocycles. The van der Waals surface area contributed by atoms with E-state index in [1.165, 1.54) is 0 Å². The van der Waals surface area contributed by atoms with Gasteiger partial charge in [0.25, 0.3) is 0 Å². The fraction of sp³-hybridized carbons (Fsp3) is 0.200. The number of rotatable bonds is 2. The molecular formula is C10H11N3S. The van der Waals surface area contributed by atoms with Crippen molar-refractivity contribution in [3.8, 4) is 11.3 Å². The smallest absolute Gasteiger partial charge is 0.110 e. The number of aromatic nitrogens is 2.